The molecule has 0 fully saturated rings. The molecular formula is C12H21N3. The van der Waals surface area contributed by atoms with Crippen molar-refractivity contribution >= 4 is 0 Å². The fraction of sp³-hybridized carbons (Fsp3) is 0.583. The molecule has 2 atom stereocenters. The molecule has 84 valence electrons. The van der Waals surface area contributed by atoms with Crippen molar-refractivity contribution in [1.29, 1.82) is 0 Å². The highest BCUT2D eigenvalue weighted by atomic mass is 15.3. The Morgan fingerprint density at radius 2 is 2.20 bits per heavy atom. The molecule has 0 aliphatic heterocycles. The van der Waals surface area contributed by atoms with Gasteiger partial charge in [-0.1, -0.05) is 11.6 Å². The van der Waals surface area contributed by atoms with E-state index in [2.05, 4.69) is 44.2 Å². The van der Waals surface area contributed by atoms with Gasteiger partial charge in [0.15, 0.2) is 0 Å². The number of allylic oxidation sites excluding steroid dienone is 1. The van der Waals surface area contributed by atoms with Crippen molar-refractivity contribution in [2.24, 2.45) is 0 Å². The van der Waals surface area contributed by atoms with E-state index >= 15 is 0 Å². The zero-order valence-electron chi connectivity index (χ0n) is 10.1. The summed E-state index contributed by atoms with van der Waals surface area (Å²) in [7, 11) is 0. The average molecular weight is 207 g/mol. The maximum atomic E-state index is 4.24. The lowest BCUT2D eigenvalue weighted by molar-refractivity contribution is 0.376. The topological polar surface area (TPSA) is 29.9 Å². The fourth-order valence-electron chi connectivity index (χ4n) is 1.37. The molecule has 0 saturated carbocycles. The van der Waals surface area contributed by atoms with Gasteiger partial charge in [0.05, 0.1) is 6.04 Å². The van der Waals surface area contributed by atoms with Crippen LogP contribution in [0.1, 0.15) is 33.7 Å². The van der Waals surface area contributed by atoms with Crippen LogP contribution >= 0.6 is 0 Å². The van der Waals surface area contributed by atoms with Crippen molar-refractivity contribution in [3.8, 4) is 0 Å². The molecule has 1 aromatic rings. The van der Waals surface area contributed by atoms with E-state index in [4.69, 9.17) is 0 Å². The number of nitrogens with one attached hydrogen (secondary N) is 1. The lowest BCUT2D eigenvalue weighted by Gasteiger charge is -2.21. The highest BCUT2D eigenvalue weighted by Crippen LogP contribution is 2.08. The molecule has 0 bridgehead atoms. The van der Waals surface area contributed by atoms with Gasteiger partial charge in [0.25, 0.3) is 0 Å². The van der Waals surface area contributed by atoms with Gasteiger partial charge in [-0.15, -0.1) is 0 Å². The summed E-state index contributed by atoms with van der Waals surface area (Å²) in [6.45, 7) is 9.51. The van der Waals surface area contributed by atoms with Crippen molar-refractivity contribution < 1.29 is 0 Å². The van der Waals surface area contributed by atoms with Gasteiger partial charge < -0.3 is 5.32 Å². The van der Waals surface area contributed by atoms with Crippen LogP contribution in [0.2, 0.25) is 0 Å². The first-order chi connectivity index (χ1) is 7.11. The van der Waals surface area contributed by atoms with Crippen LogP contribution in [0.4, 0.5) is 0 Å². The quantitative estimate of drug-likeness (QED) is 0.751. The summed E-state index contributed by atoms with van der Waals surface area (Å²) >= 11 is 0. The van der Waals surface area contributed by atoms with Crippen LogP contribution in [0.25, 0.3) is 0 Å². The summed E-state index contributed by atoms with van der Waals surface area (Å²) in [4.78, 5) is 0. The number of hydrogen-bond donors (Lipinski definition) is 1. The van der Waals surface area contributed by atoms with Gasteiger partial charge in [0, 0.05) is 25.0 Å². The van der Waals surface area contributed by atoms with E-state index in [1.807, 2.05) is 23.1 Å². The minimum atomic E-state index is 0.380. The van der Waals surface area contributed by atoms with Gasteiger partial charge in [-0.05, 0) is 33.8 Å². The standard InChI is InChI=1S/C12H21N3/c1-10(2)6-8-13-11(3)12(4)15-9-5-7-14-15/h5-7,9,11-13H,8H2,1-4H3. The summed E-state index contributed by atoms with van der Waals surface area (Å²) in [6, 6.07) is 2.75. The minimum absolute atomic E-state index is 0.380. The zero-order chi connectivity index (χ0) is 11.3. The Balaban J connectivity index is 2.40. The van der Waals surface area contributed by atoms with Gasteiger partial charge in [0.1, 0.15) is 0 Å². The normalized spacial score (nSPS) is 14.7. The van der Waals surface area contributed by atoms with E-state index in [-0.39, 0.29) is 0 Å². The molecule has 0 aliphatic rings. The molecule has 3 heteroatoms. The lowest BCUT2D eigenvalue weighted by atomic mass is 10.1. The Morgan fingerprint density at radius 3 is 2.73 bits per heavy atom. The average Bonchev–Trinajstić information content (AvgIpc) is 2.68. The van der Waals surface area contributed by atoms with Crippen molar-refractivity contribution in [3.63, 3.8) is 0 Å². The first-order valence-corrected chi connectivity index (χ1v) is 5.47. The Labute approximate surface area is 92.2 Å². The molecular weight excluding hydrogens is 186 g/mol. The number of aromatic nitrogens is 2. The molecule has 15 heavy (non-hydrogen) atoms. The van der Waals surface area contributed by atoms with Crippen LogP contribution in [-0.2, 0) is 0 Å². The smallest absolute Gasteiger partial charge is 0.0641 e. The first kappa shape index (κ1) is 12.0. The van der Waals surface area contributed by atoms with Crippen molar-refractivity contribution in [1.82, 2.24) is 15.1 Å². The molecule has 1 rings (SSSR count). The molecule has 0 radical (unpaired) electrons. The summed E-state index contributed by atoms with van der Waals surface area (Å²) in [5.74, 6) is 0. The maximum absolute atomic E-state index is 4.24. The van der Waals surface area contributed by atoms with E-state index in [1.54, 1.807) is 0 Å². The van der Waals surface area contributed by atoms with Gasteiger partial charge >= 0.3 is 0 Å². The second kappa shape index (κ2) is 5.71. The van der Waals surface area contributed by atoms with Crippen LogP contribution in [-0.4, -0.2) is 22.4 Å². The van der Waals surface area contributed by atoms with Crippen molar-refractivity contribution in [3.05, 3.63) is 30.1 Å². The third-order valence-electron chi connectivity index (χ3n) is 2.62. The van der Waals surface area contributed by atoms with Gasteiger partial charge in [-0.25, -0.2) is 0 Å². The van der Waals surface area contributed by atoms with E-state index in [1.165, 1.54) is 5.57 Å². The summed E-state index contributed by atoms with van der Waals surface area (Å²) in [6.07, 6.45) is 6.02. The number of hydrogen-bond acceptors (Lipinski definition) is 2. The Hall–Kier alpha value is -1.09. The van der Waals surface area contributed by atoms with Gasteiger partial charge in [-0.3, -0.25) is 4.68 Å². The molecule has 0 amide bonds. The molecule has 0 saturated heterocycles. The predicted molar refractivity (Wildman–Crippen MR) is 63.8 cm³/mol. The lowest BCUT2D eigenvalue weighted by Crippen LogP contribution is -2.34. The summed E-state index contributed by atoms with van der Waals surface area (Å²) in [5, 5.41) is 7.71. The van der Waals surface area contributed by atoms with E-state index in [0.717, 1.165) is 6.54 Å². The largest absolute Gasteiger partial charge is 0.309 e. The second-order valence-electron chi connectivity index (χ2n) is 4.21. The fourth-order valence-corrected chi connectivity index (χ4v) is 1.37. The van der Waals surface area contributed by atoms with E-state index in [0.29, 0.717) is 12.1 Å². The van der Waals surface area contributed by atoms with Crippen LogP contribution in [0, 0.1) is 0 Å². The predicted octanol–water partition coefficient (Wildman–Crippen LogP) is 2.39. The maximum Gasteiger partial charge on any atom is 0.0641 e. The van der Waals surface area contributed by atoms with Crippen LogP contribution in [0.5, 0.6) is 0 Å². The summed E-state index contributed by atoms with van der Waals surface area (Å²) in [5.41, 5.74) is 1.35. The third-order valence-corrected chi connectivity index (χ3v) is 2.62. The summed E-state index contributed by atoms with van der Waals surface area (Å²) < 4.78 is 1.99. The molecule has 0 aliphatic carbocycles. The van der Waals surface area contributed by atoms with Crippen LogP contribution in [0.15, 0.2) is 30.1 Å². The zero-order valence-corrected chi connectivity index (χ0v) is 10.1. The number of nitrogens with zero attached hydrogens (tertiary/aromatic N) is 2. The minimum Gasteiger partial charge on any atom is -0.309 e. The van der Waals surface area contributed by atoms with Crippen LogP contribution < -0.4 is 5.32 Å². The van der Waals surface area contributed by atoms with Gasteiger partial charge in [0.2, 0.25) is 0 Å². The third kappa shape index (κ3) is 3.88. The van der Waals surface area contributed by atoms with E-state index in [9.17, 15) is 0 Å². The highest BCUT2D eigenvalue weighted by Gasteiger charge is 2.12. The van der Waals surface area contributed by atoms with E-state index < -0.39 is 0 Å². The molecule has 3 nitrogen and oxygen atoms in total. The van der Waals surface area contributed by atoms with Crippen molar-refractivity contribution in [2.45, 2.75) is 39.8 Å². The molecule has 1 aromatic heterocycles. The monoisotopic (exact) mass is 207 g/mol. The first-order valence-electron chi connectivity index (χ1n) is 5.47. The molecule has 1 heterocycles. The molecule has 0 spiro atoms. The molecule has 2 unspecified atom stereocenters. The Kier molecular flexibility index (Phi) is 4.56. The van der Waals surface area contributed by atoms with Crippen LogP contribution in [0.3, 0.4) is 0 Å². The van der Waals surface area contributed by atoms with Gasteiger partial charge in [-0.2, -0.15) is 5.10 Å². The SMILES string of the molecule is CC(C)=CCNC(C)C(C)n1cccn1. The number of rotatable bonds is 5. The second-order valence-corrected chi connectivity index (χ2v) is 4.21. The van der Waals surface area contributed by atoms with Crippen molar-refractivity contribution in [2.75, 3.05) is 6.54 Å². The molecule has 1 N–H and O–H groups in total. The molecule has 0 aromatic carbocycles. The Bertz CT molecular complexity index is 297. The Morgan fingerprint density at radius 1 is 1.47 bits per heavy atom. The highest BCUT2D eigenvalue weighted by molar-refractivity contribution is 4.95.